The summed E-state index contributed by atoms with van der Waals surface area (Å²) in [6.07, 6.45) is 6.30. The molecule has 3 atom stereocenters. The van der Waals surface area contributed by atoms with Gasteiger partial charge >= 0.3 is 0 Å². The Labute approximate surface area is 122 Å². The molecule has 2 aliphatic rings. The molecule has 2 aromatic rings. The minimum Gasteiger partial charge on any atom is -0.289 e. The molecule has 3 unspecified atom stereocenters. The number of rotatable bonds is 4. The second-order valence-corrected chi connectivity index (χ2v) is 5.95. The summed E-state index contributed by atoms with van der Waals surface area (Å²) in [5.74, 6) is -0.301. The second kappa shape index (κ2) is 4.70. The van der Waals surface area contributed by atoms with Crippen molar-refractivity contribution in [2.24, 2.45) is 5.92 Å². The van der Waals surface area contributed by atoms with Crippen LogP contribution in [0.2, 0.25) is 0 Å². The lowest BCUT2D eigenvalue weighted by Crippen LogP contribution is -2.21. The molecule has 1 heterocycles. The van der Waals surface area contributed by atoms with Gasteiger partial charge in [-0.2, -0.15) is 5.10 Å². The Morgan fingerprint density at radius 1 is 1.19 bits per heavy atom. The van der Waals surface area contributed by atoms with Gasteiger partial charge in [-0.15, -0.1) is 0 Å². The van der Waals surface area contributed by atoms with Crippen LogP contribution in [0, 0.1) is 5.92 Å². The lowest BCUT2D eigenvalue weighted by atomic mass is 10.1. The minimum atomic E-state index is -0.312. The highest BCUT2D eigenvalue weighted by Gasteiger charge is 2.56. The Hall–Kier alpha value is -2.14. The molecular weight excluding hydrogens is 266 g/mol. The van der Waals surface area contributed by atoms with Gasteiger partial charge < -0.3 is 0 Å². The first-order chi connectivity index (χ1) is 10.3. The Kier molecular flexibility index (Phi) is 2.82. The van der Waals surface area contributed by atoms with Gasteiger partial charge in [0.2, 0.25) is 5.91 Å². The molecule has 0 bridgehead atoms. The smallest absolute Gasteiger partial charge is 0.247 e. The van der Waals surface area contributed by atoms with E-state index in [0.29, 0.717) is 6.04 Å². The number of hydroxylamine groups is 1. The number of nitrogens with zero attached hydrogens (tertiary/aromatic N) is 2. The van der Waals surface area contributed by atoms with E-state index in [0.717, 1.165) is 11.1 Å². The summed E-state index contributed by atoms with van der Waals surface area (Å²) >= 11 is 0. The van der Waals surface area contributed by atoms with E-state index in [1.54, 1.807) is 5.48 Å². The van der Waals surface area contributed by atoms with Gasteiger partial charge in [-0.1, -0.05) is 30.3 Å². The first kappa shape index (κ1) is 12.6. The maximum atomic E-state index is 11.9. The molecule has 2 N–H and O–H groups in total. The van der Waals surface area contributed by atoms with E-state index in [1.165, 1.54) is 12.8 Å². The van der Waals surface area contributed by atoms with Crippen molar-refractivity contribution >= 4 is 5.91 Å². The Balaban J connectivity index is 1.63. The predicted octanol–water partition coefficient (Wildman–Crippen LogP) is 2.22. The van der Waals surface area contributed by atoms with Crippen LogP contribution >= 0.6 is 0 Å². The monoisotopic (exact) mass is 283 g/mol. The molecule has 4 rings (SSSR count). The highest BCUT2D eigenvalue weighted by atomic mass is 16.5. The standard InChI is InChI=1S/C16H17N3O2/c20-16(18-21)15-13(10-4-2-1-3-5-10)14(15)11-8-17-19(9-11)12-6-7-12/h1-5,8-9,12-15,21H,6-7H2,(H,18,20). The van der Waals surface area contributed by atoms with Crippen LogP contribution < -0.4 is 5.48 Å². The first-order valence-electron chi connectivity index (χ1n) is 7.32. The lowest BCUT2D eigenvalue weighted by Gasteiger charge is -1.98. The number of hydrogen-bond donors (Lipinski definition) is 2. The van der Waals surface area contributed by atoms with Crippen molar-refractivity contribution in [1.82, 2.24) is 15.3 Å². The van der Waals surface area contributed by atoms with Crippen LogP contribution in [0.1, 0.15) is 41.8 Å². The van der Waals surface area contributed by atoms with E-state index in [4.69, 9.17) is 5.21 Å². The highest BCUT2D eigenvalue weighted by Crippen LogP contribution is 2.60. The van der Waals surface area contributed by atoms with Crippen LogP contribution in [-0.4, -0.2) is 20.9 Å². The Morgan fingerprint density at radius 3 is 2.57 bits per heavy atom. The molecule has 2 saturated carbocycles. The molecule has 1 aromatic carbocycles. The van der Waals surface area contributed by atoms with Crippen molar-refractivity contribution in [3.8, 4) is 0 Å². The maximum Gasteiger partial charge on any atom is 0.247 e. The number of carbonyl (C=O) groups is 1. The summed E-state index contributed by atoms with van der Waals surface area (Å²) in [6, 6.07) is 10.5. The number of aromatic nitrogens is 2. The van der Waals surface area contributed by atoms with E-state index in [2.05, 4.69) is 11.3 Å². The van der Waals surface area contributed by atoms with Crippen LogP contribution in [0.3, 0.4) is 0 Å². The lowest BCUT2D eigenvalue weighted by molar-refractivity contribution is -0.130. The molecule has 2 aliphatic carbocycles. The summed E-state index contributed by atoms with van der Waals surface area (Å²) in [5.41, 5.74) is 4.02. The van der Waals surface area contributed by atoms with E-state index in [1.807, 2.05) is 41.2 Å². The normalized spacial score (nSPS) is 27.4. The number of carbonyl (C=O) groups excluding carboxylic acids is 1. The fourth-order valence-corrected chi connectivity index (χ4v) is 3.28. The number of hydrogen-bond acceptors (Lipinski definition) is 3. The van der Waals surface area contributed by atoms with Crippen molar-refractivity contribution in [2.75, 3.05) is 0 Å². The summed E-state index contributed by atoms with van der Waals surface area (Å²) in [4.78, 5) is 11.9. The average Bonchev–Trinajstić information content (AvgIpc) is 3.45. The fourth-order valence-electron chi connectivity index (χ4n) is 3.28. The van der Waals surface area contributed by atoms with Crippen molar-refractivity contribution < 1.29 is 10.0 Å². The molecule has 5 heteroatoms. The van der Waals surface area contributed by atoms with Gasteiger partial charge in [-0.3, -0.25) is 14.7 Å². The summed E-state index contributed by atoms with van der Waals surface area (Å²) < 4.78 is 2.00. The van der Waals surface area contributed by atoms with E-state index >= 15 is 0 Å². The summed E-state index contributed by atoms with van der Waals surface area (Å²) in [7, 11) is 0. The molecule has 108 valence electrons. The predicted molar refractivity (Wildman–Crippen MR) is 75.8 cm³/mol. The zero-order valence-electron chi connectivity index (χ0n) is 11.5. The van der Waals surface area contributed by atoms with Crippen molar-refractivity contribution in [2.45, 2.75) is 30.7 Å². The van der Waals surface area contributed by atoms with Crippen molar-refractivity contribution in [3.05, 3.63) is 53.9 Å². The second-order valence-electron chi connectivity index (χ2n) is 5.95. The van der Waals surface area contributed by atoms with Crippen LogP contribution in [0.5, 0.6) is 0 Å². The van der Waals surface area contributed by atoms with E-state index in [9.17, 15) is 4.79 Å². The van der Waals surface area contributed by atoms with Crippen LogP contribution in [-0.2, 0) is 4.79 Å². The zero-order chi connectivity index (χ0) is 14.4. The van der Waals surface area contributed by atoms with E-state index < -0.39 is 0 Å². The van der Waals surface area contributed by atoms with Crippen molar-refractivity contribution in [1.29, 1.82) is 0 Å². The topological polar surface area (TPSA) is 67.2 Å². The maximum absolute atomic E-state index is 11.9. The molecular formula is C16H17N3O2. The number of nitrogens with one attached hydrogen (secondary N) is 1. The van der Waals surface area contributed by atoms with Crippen LogP contribution in [0.4, 0.5) is 0 Å². The molecule has 0 saturated heterocycles. The largest absolute Gasteiger partial charge is 0.289 e. The van der Waals surface area contributed by atoms with E-state index in [-0.39, 0.29) is 23.7 Å². The molecule has 0 aliphatic heterocycles. The Morgan fingerprint density at radius 2 is 1.90 bits per heavy atom. The first-order valence-corrected chi connectivity index (χ1v) is 7.32. The van der Waals surface area contributed by atoms with Gasteiger partial charge in [-0.05, 0) is 24.0 Å². The molecule has 0 radical (unpaired) electrons. The van der Waals surface area contributed by atoms with Crippen LogP contribution in [0.25, 0.3) is 0 Å². The highest BCUT2D eigenvalue weighted by molar-refractivity contribution is 5.84. The third kappa shape index (κ3) is 2.14. The van der Waals surface area contributed by atoms with Gasteiger partial charge in [0.05, 0.1) is 18.2 Å². The average molecular weight is 283 g/mol. The quantitative estimate of drug-likeness (QED) is 0.668. The molecule has 2 fully saturated rings. The molecule has 0 spiro atoms. The van der Waals surface area contributed by atoms with Gasteiger partial charge in [-0.25, -0.2) is 5.48 Å². The van der Waals surface area contributed by atoms with Gasteiger partial charge in [0.1, 0.15) is 0 Å². The summed E-state index contributed by atoms with van der Waals surface area (Å²) in [5, 5.41) is 13.4. The number of amides is 1. The summed E-state index contributed by atoms with van der Waals surface area (Å²) in [6.45, 7) is 0. The molecule has 5 nitrogen and oxygen atoms in total. The van der Waals surface area contributed by atoms with Gasteiger partial charge in [0, 0.05) is 18.0 Å². The third-order valence-corrected chi connectivity index (χ3v) is 4.54. The van der Waals surface area contributed by atoms with Crippen molar-refractivity contribution in [3.63, 3.8) is 0 Å². The zero-order valence-corrected chi connectivity index (χ0v) is 11.5. The van der Waals surface area contributed by atoms with Gasteiger partial charge in [0.15, 0.2) is 0 Å². The minimum absolute atomic E-state index is 0.104. The third-order valence-electron chi connectivity index (χ3n) is 4.54. The fraction of sp³-hybridized carbons (Fsp3) is 0.375. The van der Waals surface area contributed by atoms with Gasteiger partial charge in [0.25, 0.3) is 0 Å². The molecule has 1 aromatic heterocycles. The number of benzene rings is 1. The SMILES string of the molecule is O=C(NO)C1C(c2ccccc2)C1c1cnn(C2CC2)c1. The molecule has 1 amide bonds. The molecule has 21 heavy (non-hydrogen) atoms. The Bertz CT molecular complexity index is 663. The van der Waals surface area contributed by atoms with Crippen LogP contribution in [0.15, 0.2) is 42.7 Å².